The Balaban J connectivity index is 2.27. The number of halogens is 1. The van der Waals surface area contributed by atoms with Crippen LogP contribution in [0, 0.1) is 6.92 Å². The van der Waals surface area contributed by atoms with E-state index in [1.165, 1.54) is 24.0 Å². The number of aromatic nitrogens is 1. The van der Waals surface area contributed by atoms with Crippen LogP contribution in [0.3, 0.4) is 0 Å². The van der Waals surface area contributed by atoms with E-state index in [1.807, 2.05) is 31.2 Å². The smallest absolute Gasteiger partial charge is 0.337 e. The molecule has 0 saturated heterocycles. The average Bonchev–Trinajstić information content (AvgIpc) is 2.31. The molecule has 0 saturated carbocycles. The van der Waals surface area contributed by atoms with Crippen molar-refractivity contribution in [2.24, 2.45) is 0 Å². The van der Waals surface area contributed by atoms with E-state index in [0.717, 1.165) is 10.5 Å². The molecule has 0 unspecified atom stereocenters. The van der Waals surface area contributed by atoms with Gasteiger partial charge in [0.15, 0.2) is 0 Å². The normalized spacial score (nSPS) is 10.3. The highest BCUT2D eigenvalue weighted by Gasteiger charge is 2.09. The van der Waals surface area contributed by atoms with Gasteiger partial charge in [-0.25, -0.2) is 9.78 Å². The highest BCUT2D eigenvalue weighted by atomic mass is 35.5. The van der Waals surface area contributed by atoms with E-state index < -0.39 is 5.97 Å². The van der Waals surface area contributed by atoms with Gasteiger partial charge in [-0.2, -0.15) is 0 Å². The summed E-state index contributed by atoms with van der Waals surface area (Å²) < 4.78 is 0. The lowest BCUT2D eigenvalue weighted by atomic mass is 10.2. The molecule has 1 N–H and O–H groups in total. The van der Waals surface area contributed by atoms with Crippen molar-refractivity contribution in [2.45, 2.75) is 16.8 Å². The second-order valence-corrected chi connectivity index (χ2v) is 5.20. The molecule has 2 aromatic rings. The molecule has 0 fully saturated rings. The molecule has 2 rings (SSSR count). The van der Waals surface area contributed by atoms with Crippen molar-refractivity contribution in [3.63, 3.8) is 0 Å². The van der Waals surface area contributed by atoms with E-state index in [2.05, 4.69) is 4.98 Å². The minimum Gasteiger partial charge on any atom is -0.478 e. The molecular weight excluding hydrogens is 270 g/mol. The number of carboxylic acids is 1. The van der Waals surface area contributed by atoms with Crippen LogP contribution < -0.4 is 0 Å². The van der Waals surface area contributed by atoms with Crippen molar-refractivity contribution in [1.29, 1.82) is 0 Å². The predicted octanol–water partition coefficient (Wildman–Crippen LogP) is 3.89. The molecule has 1 aromatic carbocycles. The summed E-state index contributed by atoms with van der Waals surface area (Å²) in [7, 11) is 0. The number of aryl methyl sites for hydroxylation is 1. The Morgan fingerprint density at radius 2 is 2.17 bits per heavy atom. The van der Waals surface area contributed by atoms with Gasteiger partial charge in [-0.05, 0) is 25.1 Å². The fourth-order valence-corrected chi connectivity index (χ4v) is 2.57. The van der Waals surface area contributed by atoms with Gasteiger partial charge >= 0.3 is 5.97 Å². The van der Waals surface area contributed by atoms with Crippen LogP contribution in [-0.4, -0.2) is 16.1 Å². The Hall–Kier alpha value is -1.52. The standard InChI is InChI=1S/C13H10ClNO2S/c1-8-3-2-4-10(5-8)18-12-11(14)6-9(7-15-12)13(16)17/h2-7H,1H3,(H,16,17). The quantitative estimate of drug-likeness (QED) is 0.926. The first-order chi connectivity index (χ1) is 8.56. The van der Waals surface area contributed by atoms with Crippen LogP contribution in [-0.2, 0) is 0 Å². The number of pyridine rings is 1. The van der Waals surface area contributed by atoms with Crippen molar-refractivity contribution in [2.75, 3.05) is 0 Å². The number of carboxylic acid groups (broad SMARTS) is 1. The minimum absolute atomic E-state index is 0.0913. The van der Waals surface area contributed by atoms with Crippen molar-refractivity contribution >= 4 is 29.3 Å². The first kappa shape index (κ1) is 12.9. The Kier molecular flexibility index (Phi) is 3.89. The minimum atomic E-state index is -1.03. The number of aromatic carboxylic acids is 1. The van der Waals surface area contributed by atoms with Gasteiger partial charge in [0.25, 0.3) is 0 Å². The molecule has 0 aliphatic carbocycles. The molecule has 0 amide bonds. The Morgan fingerprint density at radius 1 is 1.39 bits per heavy atom. The van der Waals surface area contributed by atoms with Crippen molar-refractivity contribution in [3.05, 3.63) is 52.7 Å². The zero-order chi connectivity index (χ0) is 13.1. The first-order valence-corrected chi connectivity index (χ1v) is 6.39. The topological polar surface area (TPSA) is 50.2 Å². The number of hydrogen-bond acceptors (Lipinski definition) is 3. The molecule has 92 valence electrons. The van der Waals surface area contributed by atoms with E-state index in [-0.39, 0.29) is 5.56 Å². The third-order valence-corrected chi connectivity index (χ3v) is 3.67. The van der Waals surface area contributed by atoms with Crippen LogP contribution in [0.2, 0.25) is 5.02 Å². The van der Waals surface area contributed by atoms with Gasteiger partial charge in [0, 0.05) is 11.1 Å². The van der Waals surface area contributed by atoms with Crippen LogP contribution in [0.1, 0.15) is 15.9 Å². The van der Waals surface area contributed by atoms with E-state index in [4.69, 9.17) is 16.7 Å². The largest absolute Gasteiger partial charge is 0.478 e. The lowest BCUT2D eigenvalue weighted by Gasteiger charge is -2.04. The summed E-state index contributed by atoms with van der Waals surface area (Å²) in [5.74, 6) is -1.03. The molecule has 0 spiro atoms. The lowest BCUT2D eigenvalue weighted by Crippen LogP contribution is -1.97. The van der Waals surface area contributed by atoms with Gasteiger partial charge in [0.1, 0.15) is 5.03 Å². The fourth-order valence-electron chi connectivity index (χ4n) is 1.41. The molecule has 3 nitrogen and oxygen atoms in total. The Bertz CT molecular complexity index is 601. The molecule has 0 bridgehead atoms. The summed E-state index contributed by atoms with van der Waals surface area (Å²) in [6.45, 7) is 2.01. The van der Waals surface area contributed by atoms with Crippen molar-refractivity contribution in [1.82, 2.24) is 4.98 Å². The summed E-state index contributed by atoms with van der Waals surface area (Å²) in [6.07, 6.45) is 1.31. The van der Waals surface area contributed by atoms with Gasteiger partial charge in [0.05, 0.1) is 10.6 Å². The number of carbonyl (C=O) groups is 1. The van der Waals surface area contributed by atoms with Gasteiger partial charge in [-0.3, -0.25) is 0 Å². The van der Waals surface area contributed by atoms with E-state index in [0.29, 0.717) is 10.0 Å². The van der Waals surface area contributed by atoms with E-state index in [9.17, 15) is 4.79 Å². The maximum Gasteiger partial charge on any atom is 0.337 e. The molecule has 0 aliphatic rings. The molecule has 0 atom stereocenters. The molecule has 1 heterocycles. The fraction of sp³-hybridized carbons (Fsp3) is 0.0769. The summed E-state index contributed by atoms with van der Waals surface area (Å²) in [5, 5.41) is 9.77. The Morgan fingerprint density at radius 3 is 2.78 bits per heavy atom. The van der Waals surface area contributed by atoms with Gasteiger partial charge in [-0.1, -0.05) is 41.1 Å². The average molecular weight is 280 g/mol. The van der Waals surface area contributed by atoms with Crippen molar-refractivity contribution in [3.8, 4) is 0 Å². The zero-order valence-corrected chi connectivity index (χ0v) is 11.1. The highest BCUT2D eigenvalue weighted by Crippen LogP contribution is 2.32. The molecule has 5 heteroatoms. The second kappa shape index (κ2) is 5.42. The van der Waals surface area contributed by atoms with Crippen LogP contribution in [0.5, 0.6) is 0 Å². The van der Waals surface area contributed by atoms with Gasteiger partial charge in [-0.15, -0.1) is 0 Å². The lowest BCUT2D eigenvalue weighted by molar-refractivity contribution is 0.0696. The monoisotopic (exact) mass is 279 g/mol. The van der Waals surface area contributed by atoms with Crippen LogP contribution >= 0.6 is 23.4 Å². The van der Waals surface area contributed by atoms with Crippen molar-refractivity contribution < 1.29 is 9.90 Å². The number of nitrogens with zero attached hydrogens (tertiary/aromatic N) is 1. The van der Waals surface area contributed by atoms with E-state index >= 15 is 0 Å². The molecule has 1 aromatic heterocycles. The third kappa shape index (κ3) is 3.03. The highest BCUT2D eigenvalue weighted by molar-refractivity contribution is 7.99. The molecule has 18 heavy (non-hydrogen) atoms. The molecule has 0 aliphatic heterocycles. The second-order valence-electron chi connectivity index (χ2n) is 3.73. The SMILES string of the molecule is Cc1cccc(Sc2ncc(C(=O)O)cc2Cl)c1. The third-order valence-electron chi connectivity index (χ3n) is 2.26. The molecule has 0 radical (unpaired) electrons. The zero-order valence-electron chi connectivity index (χ0n) is 9.55. The maximum atomic E-state index is 10.8. The molecular formula is C13H10ClNO2S. The summed E-state index contributed by atoms with van der Waals surface area (Å²) >= 11 is 7.43. The number of hydrogen-bond donors (Lipinski definition) is 1. The first-order valence-electron chi connectivity index (χ1n) is 5.19. The van der Waals surface area contributed by atoms with Crippen LogP contribution in [0.25, 0.3) is 0 Å². The Labute approximate surface area is 114 Å². The summed E-state index contributed by atoms with van der Waals surface area (Å²) in [6, 6.07) is 9.35. The van der Waals surface area contributed by atoms with E-state index in [1.54, 1.807) is 0 Å². The van der Waals surface area contributed by atoms with Gasteiger partial charge < -0.3 is 5.11 Å². The van der Waals surface area contributed by atoms with Crippen LogP contribution in [0.4, 0.5) is 0 Å². The maximum absolute atomic E-state index is 10.8. The van der Waals surface area contributed by atoms with Crippen LogP contribution in [0.15, 0.2) is 46.5 Å². The number of rotatable bonds is 3. The predicted molar refractivity (Wildman–Crippen MR) is 71.5 cm³/mol. The summed E-state index contributed by atoms with van der Waals surface area (Å²) in [5.41, 5.74) is 1.24. The number of benzene rings is 1. The van der Waals surface area contributed by atoms with Gasteiger partial charge in [0.2, 0.25) is 0 Å². The summed E-state index contributed by atoms with van der Waals surface area (Å²) in [4.78, 5) is 15.9.